The molecular formula is C78H48F5N7O. The third kappa shape index (κ3) is 8.22. The Morgan fingerprint density at radius 2 is 0.418 bits per heavy atom. The maximum Gasteiger partial charge on any atom is 0.200 e. The molecule has 12 aromatic carbocycles. The van der Waals surface area contributed by atoms with Crippen LogP contribution in [0.5, 0.6) is 0 Å². The molecule has 1 aliphatic heterocycles. The van der Waals surface area contributed by atoms with E-state index in [1.807, 2.05) is 0 Å². The number of ether oxygens (including phenoxy) is 1. The number of halogens is 5. The molecule has 0 bridgehead atoms. The van der Waals surface area contributed by atoms with E-state index in [1.165, 1.54) is 12.8 Å². The topological polar surface area (TPSA) is 81.5 Å². The quantitative estimate of drug-likeness (QED) is 0.0978. The van der Waals surface area contributed by atoms with Gasteiger partial charge < -0.3 is 27.6 Å². The van der Waals surface area contributed by atoms with Gasteiger partial charge in [-0.1, -0.05) is 182 Å². The molecule has 17 aromatic rings. The van der Waals surface area contributed by atoms with Crippen LogP contribution in [0.3, 0.4) is 0 Å². The van der Waals surface area contributed by atoms with Crippen molar-refractivity contribution >= 4 is 109 Å². The van der Waals surface area contributed by atoms with Crippen molar-refractivity contribution in [3.8, 4) is 40.6 Å². The number of aromatic nitrogens is 5. The highest BCUT2D eigenvalue weighted by Crippen LogP contribution is 2.52. The summed E-state index contributed by atoms with van der Waals surface area (Å²) in [4.78, 5) is 0. The van der Waals surface area contributed by atoms with Crippen LogP contribution in [0.1, 0.15) is 24.0 Å². The lowest BCUT2D eigenvalue weighted by atomic mass is 10.0. The fourth-order valence-electron chi connectivity index (χ4n) is 13.9. The normalized spacial score (nSPS) is 12.4. The van der Waals surface area contributed by atoms with Gasteiger partial charge in [0.1, 0.15) is 23.3 Å². The van der Waals surface area contributed by atoms with Crippen molar-refractivity contribution in [2.75, 3.05) is 13.2 Å². The standard InChI is InChI=1S/C67H40N6.C7F5N.C4H8O/c68-41-52-63(69-53-31-11-1-21-42(53)43-22-2-12-32-54(43)69)65(71-57-35-15-5-25-46(57)47-26-6-16-36-58(47)71)67(73-61-39-19-9-29-50(61)51-30-10-20-40-62(51)73)66(72-59-37-17-7-27-48(59)49-28-8-18-38-60(49)72)64(52)70-55-33-13-3-23-44(55)45-24-4-14-34-56(45)70;8-3-2(1-13)4(9)6(11)7(12)5(3)10;1-2-4-5-3-1/h1-40H;;1-4H2. The predicted molar refractivity (Wildman–Crippen MR) is 354 cm³/mol. The molecule has 6 heterocycles. The van der Waals surface area contributed by atoms with Crippen molar-refractivity contribution in [1.82, 2.24) is 22.8 Å². The number of benzene rings is 12. The molecule has 1 saturated heterocycles. The number of hydrogen-bond acceptors (Lipinski definition) is 3. The Balaban J connectivity index is 0.000000319. The van der Waals surface area contributed by atoms with Crippen molar-refractivity contribution in [3.63, 3.8) is 0 Å². The molecule has 0 amide bonds. The molecule has 0 N–H and O–H groups in total. The lowest BCUT2D eigenvalue weighted by molar-refractivity contribution is 0.198. The first kappa shape index (κ1) is 54.6. The second kappa shape index (κ2) is 21.8. The van der Waals surface area contributed by atoms with Gasteiger partial charge in [-0.25, -0.2) is 22.0 Å². The van der Waals surface area contributed by atoms with E-state index < -0.39 is 34.6 Å². The van der Waals surface area contributed by atoms with Gasteiger partial charge in [0.25, 0.3) is 0 Å². The molecule has 0 saturated carbocycles. The van der Waals surface area contributed by atoms with E-state index in [2.05, 4.69) is 272 Å². The van der Waals surface area contributed by atoms with E-state index in [1.54, 1.807) is 0 Å². The number of nitriles is 2. The Labute approximate surface area is 516 Å². The minimum atomic E-state index is -2.27. The summed E-state index contributed by atoms with van der Waals surface area (Å²) in [5, 5.41) is 32.1. The van der Waals surface area contributed by atoms with Crippen molar-refractivity contribution in [2.45, 2.75) is 12.8 Å². The first-order chi connectivity index (χ1) is 44.8. The monoisotopic (exact) mass is 1190 g/mol. The molecule has 0 aliphatic carbocycles. The lowest BCUT2D eigenvalue weighted by Gasteiger charge is -2.30. The molecule has 436 valence electrons. The second-order valence-electron chi connectivity index (χ2n) is 22.5. The molecule has 0 unspecified atom stereocenters. The fraction of sp³-hybridized carbons (Fsp3) is 0.0513. The van der Waals surface area contributed by atoms with Crippen LogP contribution in [0.2, 0.25) is 0 Å². The molecule has 0 atom stereocenters. The maximum absolute atomic E-state index is 12.8. The fourth-order valence-corrected chi connectivity index (χ4v) is 13.9. The van der Waals surface area contributed by atoms with Crippen LogP contribution >= 0.6 is 0 Å². The molecule has 18 rings (SSSR count). The molecule has 0 spiro atoms. The Kier molecular flexibility index (Phi) is 13.1. The van der Waals surface area contributed by atoms with E-state index in [4.69, 9.17) is 10.00 Å². The van der Waals surface area contributed by atoms with Gasteiger partial charge in [-0.05, 0) is 73.5 Å². The number of fused-ring (bicyclic) bond motifs is 15. The highest BCUT2D eigenvalue weighted by atomic mass is 19.2. The molecule has 8 nitrogen and oxygen atoms in total. The Hall–Kier alpha value is -11.8. The van der Waals surface area contributed by atoms with E-state index in [0.29, 0.717) is 5.56 Å². The number of hydrogen-bond donors (Lipinski definition) is 0. The smallest absolute Gasteiger partial charge is 0.200 e. The van der Waals surface area contributed by atoms with E-state index in [-0.39, 0.29) is 0 Å². The van der Waals surface area contributed by atoms with Gasteiger partial charge in [0.05, 0.1) is 83.6 Å². The average molecular weight is 1190 g/mol. The van der Waals surface area contributed by atoms with Crippen LogP contribution in [0.4, 0.5) is 22.0 Å². The van der Waals surface area contributed by atoms with Crippen LogP contribution in [0, 0.1) is 51.7 Å². The Morgan fingerprint density at radius 1 is 0.242 bits per heavy atom. The minimum Gasteiger partial charge on any atom is -0.381 e. The summed E-state index contributed by atoms with van der Waals surface area (Å²) in [6.07, 6.45) is 2.56. The number of rotatable bonds is 5. The molecule has 5 aromatic heterocycles. The zero-order valence-corrected chi connectivity index (χ0v) is 48.4. The zero-order chi connectivity index (χ0) is 61.6. The van der Waals surface area contributed by atoms with Gasteiger partial charge in [-0.15, -0.1) is 0 Å². The lowest BCUT2D eigenvalue weighted by Crippen LogP contribution is -2.18. The molecular weight excluding hydrogens is 1150 g/mol. The summed E-state index contributed by atoms with van der Waals surface area (Å²) in [6, 6.07) is 91.3. The van der Waals surface area contributed by atoms with Crippen LogP contribution in [0.25, 0.3) is 137 Å². The molecule has 0 radical (unpaired) electrons. The summed E-state index contributed by atoms with van der Waals surface area (Å²) in [5.74, 6) is -10.7. The Bertz CT molecular complexity index is 5390. The maximum atomic E-state index is 12.8. The van der Waals surface area contributed by atoms with E-state index in [0.717, 1.165) is 157 Å². The zero-order valence-electron chi connectivity index (χ0n) is 48.4. The van der Waals surface area contributed by atoms with Crippen molar-refractivity contribution in [2.24, 2.45) is 0 Å². The van der Waals surface area contributed by atoms with Crippen LogP contribution in [-0.2, 0) is 4.74 Å². The minimum absolute atomic E-state index is 0.538. The summed E-state index contributed by atoms with van der Waals surface area (Å²) < 4.78 is 79.0. The summed E-state index contributed by atoms with van der Waals surface area (Å²) in [5.41, 5.74) is 13.6. The molecule has 1 fully saturated rings. The molecule has 13 heteroatoms. The van der Waals surface area contributed by atoms with Gasteiger partial charge in [0.2, 0.25) is 5.82 Å². The van der Waals surface area contributed by atoms with E-state index >= 15 is 0 Å². The van der Waals surface area contributed by atoms with E-state index in [9.17, 15) is 27.2 Å². The SMILES string of the molecule is C1CCOC1.N#Cc1c(-n2c3ccccc3c3ccccc32)c(-n2c3ccccc3c3ccccc32)c(-n2c3ccccc3c3ccccc32)c(-n2c3ccccc3c3ccccc32)c1-n1c2ccccc2c2ccccc21.N#Cc1c(F)c(F)c(F)c(F)c1F. The van der Waals surface area contributed by atoms with Crippen LogP contribution in [-0.4, -0.2) is 36.0 Å². The summed E-state index contributed by atoms with van der Waals surface area (Å²) in [6.45, 7) is 2.00. The van der Waals surface area contributed by atoms with Crippen molar-refractivity contribution < 1.29 is 26.7 Å². The van der Waals surface area contributed by atoms with Crippen LogP contribution in [0.15, 0.2) is 243 Å². The predicted octanol–water partition coefficient (Wildman–Crippen LogP) is 20.1. The molecule has 91 heavy (non-hydrogen) atoms. The summed E-state index contributed by atoms with van der Waals surface area (Å²) >= 11 is 0. The molecule has 1 aliphatic rings. The highest BCUT2D eigenvalue weighted by Gasteiger charge is 2.36. The van der Waals surface area contributed by atoms with Crippen LogP contribution < -0.4 is 0 Å². The largest absolute Gasteiger partial charge is 0.381 e. The van der Waals surface area contributed by atoms with Crippen molar-refractivity contribution in [3.05, 3.63) is 283 Å². The first-order valence-electron chi connectivity index (χ1n) is 29.8. The number of nitrogens with zero attached hydrogens (tertiary/aromatic N) is 7. The van der Waals surface area contributed by atoms with Gasteiger partial charge in [-0.2, -0.15) is 10.5 Å². The van der Waals surface area contributed by atoms with Gasteiger partial charge in [0, 0.05) is 67.1 Å². The second-order valence-corrected chi connectivity index (χ2v) is 22.5. The number of para-hydroxylation sites is 10. The van der Waals surface area contributed by atoms with Gasteiger partial charge in [-0.3, -0.25) is 0 Å². The highest BCUT2D eigenvalue weighted by molar-refractivity contribution is 6.18. The van der Waals surface area contributed by atoms with Gasteiger partial charge >= 0.3 is 0 Å². The Morgan fingerprint density at radius 3 is 0.604 bits per heavy atom. The van der Waals surface area contributed by atoms with Crippen molar-refractivity contribution in [1.29, 1.82) is 10.5 Å². The third-order valence-electron chi connectivity index (χ3n) is 17.7. The first-order valence-corrected chi connectivity index (χ1v) is 29.8. The third-order valence-corrected chi connectivity index (χ3v) is 17.7. The van der Waals surface area contributed by atoms with Gasteiger partial charge in [0.15, 0.2) is 23.3 Å². The average Bonchev–Trinajstić information content (AvgIpc) is 1.56. The summed E-state index contributed by atoms with van der Waals surface area (Å²) in [7, 11) is 0.